The number of anilines is 1. The number of hydrogen-bond acceptors (Lipinski definition) is 5. The Morgan fingerprint density at radius 3 is 2.79 bits per heavy atom. The van der Waals surface area contributed by atoms with E-state index >= 15 is 0 Å². The van der Waals surface area contributed by atoms with Crippen molar-refractivity contribution < 1.29 is 14.7 Å². The second-order valence-electron chi connectivity index (χ2n) is 5.13. The van der Waals surface area contributed by atoms with Crippen molar-refractivity contribution in [2.45, 2.75) is 13.3 Å². The zero-order valence-corrected chi connectivity index (χ0v) is 14.1. The molecule has 0 aliphatic carbocycles. The number of fused-ring (bicyclic) bond motifs is 1. The number of nitrogens with one attached hydrogen (secondary N) is 1. The molecule has 0 aliphatic rings. The minimum Gasteiger partial charge on any atom is -0.481 e. The molecule has 0 aliphatic heterocycles. The predicted octanol–water partition coefficient (Wildman–Crippen LogP) is 3.60. The van der Waals surface area contributed by atoms with Crippen LogP contribution < -0.4 is 5.32 Å². The van der Waals surface area contributed by atoms with Crippen molar-refractivity contribution in [3.63, 3.8) is 0 Å². The number of carboxylic acids is 1. The highest BCUT2D eigenvalue weighted by atomic mass is 35.5. The molecule has 0 radical (unpaired) electrons. The van der Waals surface area contributed by atoms with Gasteiger partial charge in [0.15, 0.2) is 5.13 Å². The van der Waals surface area contributed by atoms with Crippen molar-refractivity contribution in [1.82, 2.24) is 9.97 Å². The van der Waals surface area contributed by atoms with E-state index in [9.17, 15) is 9.59 Å². The van der Waals surface area contributed by atoms with E-state index in [1.165, 1.54) is 18.3 Å². The molecule has 1 aromatic carbocycles. The number of pyridine rings is 1. The first kappa shape index (κ1) is 16.4. The molecule has 6 nitrogen and oxygen atoms in total. The molecule has 2 heterocycles. The Bertz CT molecular complexity index is 955. The average Bonchev–Trinajstić information content (AvgIpc) is 2.89. The van der Waals surface area contributed by atoms with Crippen molar-refractivity contribution in [1.29, 1.82) is 0 Å². The van der Waals surface area contributed by atoms with E-state index in [1.807, 2.05) is 18.2 Å². The second kappa shape index (κ2) is 6.54. The Kier molecular flexibility index (Phi) is 4.46. The van der Waals surface area contributed by atoms with E-state index < -0.39 is 5.97 Å². The van der Waals surface area contributed by atoms with Gasteiger partial charge in [0.25, 0.3) is 0 Å². The Balaban J connectivity index is 1.99. The minimum absolute atomic E-state index is 0.172. The summed E-state index contributed by atoms with van der Waals surface area (Å²) in [5.41, 5.74) is 2.88. The summed E-state index contributed by atoms with van der Waals surface area (Å²) in [6, 6.07) is 7.36. The fourth-order valence-corrected chi connectivity index (χ4v) is 3.37. The maximum atomic E-state index is 11.1. The smallest absolute Gasteiger partial charge is 0.307 e. The molecule has 2 N–H and O–H groups in total. The summed E-state index contributed by atoms with van der Waals surface area (Å²) in [6.45, 7) is 1.43. The third kappa shape index (κ3) is 3.52. The number of aliphatic carboxylic acids is 1. The number of hydrogen-bond donors (Lipinski definition) is 2. The lowest BCUT2D eigenvalue weighted by molar-refractivity contribution is -0.136. The van der Waals surface area contributed by atoms with Crippen LogP contribution in [0.15, 0.2) is 30.5 Å². The van der Waals surface area contributed by atoms with Gasteiger partial charge in [-0.15, -0.1) is 0 Å². The number of amides is 1. The van der Waals surface area contributed by atoms with Crippen LogP contribution in [0.1, 0.15) is 12.5 Å². The van der Waals surface area contributed by atoms with Crippen LogP contribution in [0.3, 0.4) is 0 Å². The third-order valence-electron chi connectivity index (χ3n) is 3.26. The van der Waals surface area contributed by atoms with Crippen molar-refractivity contribution in [2.24, 2.45) is 0 Å². The zero-order chi connectivity index (χ0) is 17.3. The van der Waals surface area contributed by atoms with E-state index in [-0.39, 0.29) is 17.5 Å². The number of benzene rings is 1. The number of rotatable bonds is 4. The maximum absolute atomic E-state index is 11.1. The van der Waals surface area contributed by atoms with Crippen LogP contribution >= 0.6 is 22.9 Å². The molecule has 0 saturated heterocycles. The van der Waals surface area contributed by atoms with Crippen LogP contribution in [-0.4, -0.2) is 27.0 Å². The number of nitrogens with zero attached hydrogens (tertiary/aromatic N) is 2. The van der Waals surface area contributed by atoms with E-state index in [4.69, 9.17) is 16.7 Å². The van der Waals surface area contributed by atoms with Gasteiger partial charge in [-0.1, -0.05) is 29.0 Å². The Morgan fingerprint density at radius 2 is 2.08 bits per heavy atom. The molecule has 1 amide bonds. The van der Waals surface area contributed by atoms with Crippen LogP contribution in [0.5, 0.6) is 0 Å². The van der Waals surface area contributed by atoms with Crippen LogP contribution in [0.2, 0.25) is 5.15 Å². The largest absolute Gasteiger partial charge is 0.481 e. The lowest BCUT2D eigenvalue weighted by Crippen LogP contribution is -2.04. The summed E-state index contributed by atoms with van der Waals surface area (Å²) in [5, 5.41) is 12.3. The summed E-state index contributed by atoms with van der Waals surface area (Å²) in [5.74, 6) is -1.14. The van der Waals surface area contributed by atoms with Crippen LogP contribution in [0.25, 0.3) is 21.3 Å². The molecule has 3 aromatic rings. The van der Waals surface area contributed by atoms with Crippen molar-refractivity contribution >= 4 is 50.2 Å². The van der Waals surface area contributed by atoms with E-state index in [1.54, 1.807) is 12.3 Å². The number of carbonyl (C=O) groups excluding carboxylic acids is 1. The molecule has 0 atom stereocenters. The highest BCUT2D eigenvalue weighted by molar-refractivity contribution is 7.22. The Hall–Kier alpha value is -2.51. The first-order valence-corrected chi connectivity index (χ1v) is 8.16. The van der Waals surface area contributed by atoms with Crippen molar-refractivity contribution in [2.75, 3.05) is 5.32 Å². The zero-order valence-electron chi connectivity index (χ0n) is 12.5. The molecular formula is C16H12ClN3O3S. The molecule has 0 spiro atoms. The van der Waals surface area contributed by atoms with Gasteiger partial charge in [0, 0.05) is 24.2 Å². The Labute approximate surface area is 146 Å². The van der Waals surface area contributed by atoms with Crippen LogP contribution in [-0.2, 0) is 16.0 Å². The molecule has 3 rings (SSSR count). The summed E-state index contributed by atoms with van der Waals surface area (Å²) in [6.07, 6.45) is 1.42. The van der Waals surface area contributed by atoms with Gasteiger partial charge in [-0.3, -0.25) is 9.59 Å². The number of thiazole rings is 1. The summed E-state index contributed by atoms with van der Waals surface area (Å²) >= 11 is 7.32. The highest BCUT2D eigenvalue weighted by Crippen LogP contribution is 2.31. The fourth-order valence-electron chi connectivity index (χ4n) is 2.25. The first-order valence-electron chi connectivity index (χ1n) is 6.97. The highest BCUT2D eigenvalue weighted by Gasteiger charge is 2.11. The van der Waals surface area contributed by atoms with Crippen LogP contribution in [0.4, 0.5) is 5.13 Å². The molecule has 24 heavy (non-hydrogen) atoms. The number of carboxylic acid groups (broad SMARTS) is 1. The SMILES string of the molecule is CC(=O)Nc1nc2ccc(-c3cnc(Cl)c(CC(=O)O)c3)cc2s1. The number of carbonyl (C=O) groups is 2. The Morgan fingerprint density at radius 1 is 1.29 bits per heavy atom. The van der Waals surface area contributed by atoms with E-state index in [0.717, 1.165) is 21.3 Å². The third-order valence-corrected chi connectivity index (χ3v) is 4.53. The normalized spacial score (nSPS) is 10.8. The second-order valence-corrected chi connectivity index (χ2v) is 6.52. The number of aromatic nitrogens is 2. The predicted molar refractivity (Wildman–Crippen MR) is 93.5 cm³/mol. The fraction of sp³-hybridized carbons (Fsp3) is 0.125. The van der Waals surface area contributed by atoms with E-state index in [2.05, 4.69) is 15.3 Å². The molecule has 0 unspecified atom stereocenters. The molecule has 2 aromatic heterocycles. The van der Waals surface area contributed by atoms with E-state index in [0.29, 0.717) is 10.7 Å². The molecule has 0 saturated carbocycles. The van der Waals surface area contributed by atoms with Crippen molar-refractivity contribution in [3.8, 4) is 11.1 Å². The van der Waals surface area contributed by atoms with Gasteiger partial charge in [-0.2, -0.15) is 0 Å². The van der Waals surface area contributed by atoms with Gasteiger partial charge in [0.1, 0.15) is 5.15 Å². The van der Waals surface area contributed by atoms with Gasteiger partial charge >= 0.3 is 5.97 Å². The van der Waals surface area contributed by atoms with Crippen molar-refractivity contribution in [3.05, 3.63) is 41.2 Å². The average molecular weight is 362 g/mol. The summed E-state index contributed by atoms with van der Waals surface area (Å²) < 4.78 is 0.908. The molecule has 0 bridgehead atoms. The molecular weight excluding hydrogens is 350 g/mol. The summed E-state index contributed by atoms with van der Waals surface area (Å²) in [4.78, 5) is 30.4. The molecule has 0 fully saturated rings. The molecule has 8 heteroatoms. The monoisotopic (exact) mass is 361 g/mol. The summed E-state index contributed by atoms with van der Waals surface area (Å²) in [7, 11) is 0. The maximum Gasteiger partial charge on any atom is 0.307 e. The van der Waals surface area contributed by atoms with Gasteiger partial charge in [-0.25, -0.2) is 9.97 Å². The first-order chi connectivity index (χ1) is 11.4. The van der Waals surface area contributed by atoms with Gasteiger partial charge < -0.3 is 10.4 Å². The lowest BCUT2D eigenvalue weighted by Gasteiger charge is -2.05. The standard InChI is InChI=1S/C16H12ClN3O3S/c1-8(21)19-16-20-12-3-2-9(5-13(12)24-16)11-4-10(6-14(22)23)15(17)18-7-11/h2-5,7H,6H2,1H3,(H,22,23)(H,19,20,21). The number of halogens is 1. The van der Waals surface area contributed by atoms with Gasteiger partial charge in [-0.05, 0) is 23.8 Å². The minimum atomic E-state index is -0.964. The quantitative estimate of drug-likeness (QED) is 0.693. The van der Waals surface area contributed by atoms with Gasteiger partial charge in [0.05, 0.1) is 16.6 Å². The van der Waals surface area contributed by atoms with Crippen LogP contribution in [0, 0.1) is 0 Å². The topological polar surface area (TPSA) is 92.2 Å². The van der Waals surface area contributed by atoms with Gasteiger partial charge in [0.2, 0.25) is 5.91 Å². The lowest BCUT2D eigenvalue weighted by atomic mass is 10.0. The molecule has 122 valence electrons.